The van der Waals surface area contributed by atoms with Crippen molar-refractivity contribution in [1.82, 2.24) is 9.88 Å². The van der Waals surface area contributed by atoms with Gasteiger partial charge in [0.15, 0.2) is 0 Å². The lowest BCUT2D eigenvalue weighted by Crippen LogP contribution is -2.40. The van der Waals surface area contributed by atoms with Gasteiger partial charge in [0.1, 0.15) is 11.9 Å². The van der Waals surface area contributed by atoms with Crippen molar-refractivity contribution in [1.29, 1.82) is 0 Å². The lowest BCUT2D eigenvalue weighted by atomic mass is 10.1. The number of amides is 2. The van der Waals surface area contributed by atoms with Crippen LogP contribution in [0, 0.1) is 6.92 Å². The summed E-state index contributed by atoms with van der Waals surface area (Å²) in [5.41, 5.74) is 2.04. The molecular formula is C22H29N3O4. The van der Waals surface area contributed by atoms with Crippen LogP contribution >= 0.6 is 0 Å². The summed E-state index contributed by atoms with van der Waals surface area (Å²) in [6.45, 7) is 8.22. The summed E-state index contributed by atoms with van der Waals surface area (Å²) in [6, 6.07) is 5.69. The van der Waals surface area contributed by atoms with Crippen molar-refractivity contribution in [3.8, 4) is 11.5 Å². The van der Waals surface area contributed by atoms with E-state index in [1.165, 1.54) is 6.26 Å². The molecule has 1 N–H and O–H groups in total. The summed E-state index contributed by atoms with van der Waals surface area (Å²) >= 11 is 0. The number of carbonyl (C=O) groups excluding carboxylic acids is 2. The van der Waals surface area contributed by atoms with E-state index in [1.807, 2.05) is 45.9 Å². The van der Waals surface area contributed by atoms with Crippen LogP contribution in [0.1, 0.15) is 52.0 Å². The fraction of sp³-hybridized carbons (Fsp3) is 0.500. The van der Waals surface area contributed by atoms with Gasteiger partial charge in [-0.25, -0.2) is 9.78 Å². The number of ether oxygens (including phenoxy) is 1. The molecule has 2 heterocycles. The maximum absolute atomic E-state index is 12.5. The van der Waals surface area contributed by atoms with Crippen LogP contribution in [0.5, 0.6) is 0 Å². The quantitative estimate of drug-likeness (QED) is 0.783. The van der Waals surface area contributed by atoms with Gasteiger partial charge >= 0.3 is 6.09 Å². The minimum Gasteiger partial charge on any atom is -0.445 e. The van der Waals surface area contributed by atoms with Crippen LogP contribution in [-0.4, -0.2) is 40.1 Å². The number of nitrogens with zero attached hydrogens (tertiary/aromatic N) is 2. The first-order chi connectivity index (χ1) is 13.7. The lowest BCUT2D eigenvalue weighted by molar-refractivity contribution is -0.116. The maximum atomic E-state index is 12.5. The van der Waals surface area contributed by atoms with E-state index in [1.54, 1.807) is 11.1 Å². The average molecular weight is 399 g/mol. The fourth-order valence-electron chi connectivity index (χ4n) is 3.50. The van der Waals surface area contributed by atoms with Crippen molar-refractivity contribution in [3.05, 3.63) is 36.2 Å². The fourth-order valence-corrected chi connectivity index (χ4v) is 3.50. The van der Waals surface area contributed by atoms with Crippen LogP contribution in [0.4, 0.5) is 10.5 Å². The van der Waals surface area contributed by atoms with E-state index in [0.29, 0.717) is 31.0 Å². The zero-order valence-electron chi connectivity index (χ0n) is 17.5. The van der Waals surface area contributed by atoms with Gasteiger partial charge in [0.25, 0.3) is 0 Å². The molecule has 156 valence electrons. The molecule has 0 spiro atoms. The Morgan fingerprint density at radius 3 is 2.83 bits per heavy atom. The van der Waals surface area contributed by atoms with Crippen LogP contribution in [0.15, 0.2) is 35.1 Å². The summed E-state index contributed by atoms with van der Waals surface area (Å²) in [6.07, 6.45) is 5.61. The molecule has 1 aliphatic rings. The topological polar surface area (TPSA) is 84.7 Å². The summed E-state index contributed by atoms with van der Waals surface area (Å²) in [4.78, 5) is 30.8. The molecule has 1 aromatic heterocycles. The largest absolute Gasteiger partial charge is 0.445 e. The normalized spacial score (nSPS) is 16.7. The van der Waals surface area contributed by atoms with E-state index in [-0.39, 0.29) is 18.0 Å². The second kappa shape index (κ2) is 8.68. The Bertz CT molecular complexity index is 855. The Labute approximate surface area is 171 Å². The molecule has 1 aromatic carbocycles. The third kappa shape index (κ3) is 5.59. The van der Waals surface area contributed by atoms with E-state index in [0.717, 1.165) is 24.0 Å². The van der Waals surface area contributed by atoms with Crippen LogP contribution in [0.25, 0.3) is 11.5 Å². The molecule has 0 saturated carbocycles. The number of oxazole rings is 1. The van der Waals surface area contributed by atoms with Crippen molar-refractivity contribution in [2.75, 3.05) is 11.9 Å². The van der Waals surface area contributed by atoms with Crippen molar-refractivity contribution in [3.63, 3.8) is 0 Å². The SMILES string of the molecule is Cc1ccc(NC(=O)CC[C@H]2CCCN2C(=O)OC(C)(C)C)cc1-c1ncco1. The first kappa shape index (κ1) is 20.9. The van der Waals surface area contributed by atoms with Gasteiger partial charge in [0.05, 0.1) is 6.20 Å². The van der Waals surface area contributed by atoms with E-state index >= 15 is 0 Å². The molecule has 1 atom stereocenters. The van der Waals surface area contributed by atoms with E-state index in [4.69, 9.17) is 9.15 Å². The number of benzene rings is 1. The van der Waals surface area contributed by atoms with Gasteiger partial charge in [-0.3, -0.25) is 4.79 Å². The van der Waals surface area contributed by atoms with Gasteiger partial charge in [0, 0.05) is 30.3 Å². The summed E-state index contributed by atoms with van der Waals surface area (Å²) in [5.74, 6) is 0.445. The van der Waals surface area contributed by atoms with Crippen molar-refractivity contribution >= 4 is 17.7 Å². The highest BCUT2D eigenvalue weighted by Gasteiger charge is 2.32. The summed E-state index contributed by atoms with van der Waals surface area (Å²) < 4.78 is 10.9. The third-order valence-corrected chi connectivity index (χ3v) is 4.89. The smallest absolute Gasteiger partial charge is 0.410 e. The molecule has 1 fully saturated rings. The van der Waals surface area contributed by atoms with Gasteiger partial charge in [-0.05, 0) is 64.7 Å². The first-order valence-electron chi connectivity index (χ1n) is 10.0. The highest BCUT2D eigenvalue weighted by molar-refractivity contribution is 5.91. The first-order valence-corrected chi connectivity index (χ1v) is 10.0. The van der Waals surface area contributed by atoms with Gasteiger partial charge in [-0.15, -0.1) is 0 Å². The molecule has 0 radical (unpaired) electrons. The second-order valence-electron chi connectivity index (χ2n) is 8.42. The molecule has 3 rings (SSSR count). The molecule has 1 aliphatic heterocycles. The van der Waals surface area contributed by atoms with Crippen LogP contribution in [0.3, 0.4) is 0 Å². The molecule has 1 saturated heterocycles. The molecule has 0 aliphatic carbocycles. The molecular weight excluding hydrogens is 370 g/mol. The number of aryl methyl sites for hydroxylation is 1. The number of hydrogen-bond acceptors (Lipinski definition) is 5. The van der Waals surface area contributed by atoms with Crippen molar-refractivity contribution < 1.29 is 18.7 Å². The molecule has 0 bridgehead atoms. The highest BCUT2D eigenvalue weighted by Crippen LogP contribution is 2.26. The van der Waals surface area contributed by atoms with Crippen LogP contribution in [-0.2, 0) is 9.53 Å². The summed E-state index contributed by atoms with van der Waals surface area (Å²) in [7, 11) is 0. The van der Waals surface area contributed by atoms with E-state index in [9.17, 15) is 9.59 Å². The monoisotopic (exact) mass is 399 g/mol. The Kier molecular flexibility index (Phi) is 6.25. The summed E-state index contributed by atoms with van der Waals surface area (Å²) in [5, 5.41) is 2.93. The predicted molar refractivity (Wildman–Crippen MR) is 111 cm³/mol. The molecule has 2 amide bonds. The Balaban J connectivity index is 1.56. The predicted octanol–water partition coefficient (Wildman–Crippen LogP) is 4.77. The number of aromatic nitrogens is 1. The zero-order chi connectivity index (χ0) is 21.0. The average Bonchev–Trinajstić information content (AvgIpc) is 3.32. The van der Waals surface area contributed by atoms with Crippen molar-refractivity contribution in [2.24, 2.45) is 0 Å². The van der Waals surface area contributed by atoms with Crippen LogP contribution < -0.4 is 5.32 Å². The standard InChI is InChI=1S/C22H29N3O4/c1-15-7-8-16(14-18(15)20-23-11-13-28-20)24-19(26)10-9-17-6-5-12-25(17)21(27)29-22(2,3)4/h7-8,11,13-14,17H,5-6,9-10,12H2,1-4H3,(H,24,26)/t17-/m1/s1. The Hall–Kier alpha value is -2.83. The number of hydrogen-bond donors (Lipinski definition) is 1. The molecule has 0 unspecified atom stereocenters. The van der Waals surface area contributed by atoms with E-state index in [2.05, 4.69) is 10.3 Å². The Morgan fingerprint density at radius 2 is 2.14 bits per heavy atom. The molecule has 7 heteroatoms. The number of nitrogens with one attached hydrogen (secondary N) is 1. The number of likely N-dealkylation sites (tertiary alicyclic amines) is 1. The molecule has 7 nitrogen and oxygen atoms in total. The zero-order valence-corrected chi connectivity index (χ0v) is 17.5. The third-order valence-electron chi connectivity index (χ3n) is 4.89. The number of carbonyl (C=O) groups is 2. The van der Waals surface area contributed by atoms with E-state index < -0.39 is 5.60 Å². The van der Waals surface area contributed by atoms with Gasteiger partial charge < -0.3 is 19.4 Å². The van der Waals surface area contributed by atoms with Crippen molar-refractivity contribution in [2.45, 2.75) is 65.0 Å². The number of anilines is 1. The van der Waals surface area contributed by atoms with Gasteiger partial charge in [-0.2, -0.15) is 0 Å². The molecule has 2 aromatic rings. The van der Waals surface area contributed by atoms with Crippen LogP contribution in [0.2, 0.25) is 0 Å². The second-order valence-corrected chi connectivity index (χ2v) is 8.42. The minimum absolute atomic E-state index is 0.0384. The highest BCUT2D eigenvalue weighted by atomic mass is 16.6. The number of rotatable bonds is 5. The molecule has 29 heavy (non-hydrogen) atoms. The maximum Gasteiger partial charge on any atom is 0.410 e. The minimum atomic E-state index is -0.520. The van der Waals surface area contributed by atoms with Gasteiger partial charge in [-0.1, -0.05) is 6.07 Å². The van der Waals surface area contributed by atoms with Gasteiger partial charge in [0.2, 0.25) is 11.8 Å². The Morgan fingerprint density at radius 1 is 1.34 bits per heavy atom. The lowest BCUT2D eigenvalue weighted by Gasteiger charge is -2.28.